The van der Waals surface area contributed by atoms with E-state index in [4.69, 9.17) is 40.5 Å². The van der Waals surface area contributed by atoms with Gasteiger partial charge in [-0.3, -0.25) is 9.69 Å². The van der Waals surface area contributed by atoms with E-state index in [2.05, 4.69) is 24.9 Å². The molecule has 3 aromatic rings. The second kappa shape index (κ2) is 8.57. The SMILES string of the molecule is CC1(C)CC(=O)C2=C(C1)N(c1ccc(Cl)cc1)C(N)=C(C#N)C2c1cc2cc(Cl)ccc2nc1Cl. The predicted octanol–water partition coefficient (Wildman–Crippen LogP) is 7.14. The number of benzene rings is 2. The Morgan fingerprint density at radius 1 is 1.06 bits per heavy atom. The zero-order chi connectivity index (χ0) is 25.1. The van der Waals surface area contributed by atoms with E-state index in [-0.39, 0.29) is 27.7 Å². The van der Waals surface area contributed by atoms with E-state index < -0.39 is 5.92 Å². The molecule has 0 saturated heterocycles. The van der Waals surface area contributed by atoms with Crippen molar-refractivity contribution >= 4 is 57.2 Å². The number of Topliss-reactive ketones (excluding diaryl/α,β-unsaturated/α-hetero) is 1. The lowest BCUT2D eigenvalue weighted by Gasteiger charge is -2.43. The van der Waals surface area contributed by atoms with Crippen LogP contribution in [0.2, 0.25) is 15.2 Å². The Kier molecular flexibility index (Phi) is 5.80. The average Bonchev–Trinajstić information content (AvgIpc) is 2.78. The minimum absolute atomic E-state index is 0.0391. The van der Waals surface area contributed by atoms with Crippen molar-refractivity contribution in [2.24, 2.45) is 11.1 Å². The first-order chi connectivity index (χ1) is 16.6. The fourth-order valence-corrected chi connectivity index (χ4v) is 5.61. The van der Waals surface area contributed by atoms with Crippen molar-refractivity contribution in [3.05, 3.63) is 92.0 Å². The Hall–Kier alpha value is -3.04. The van der Waals surface area contributed by atoms with Crippen molar-refractivity contribution in [2.75, 3.05) is 4.90 Å². The van der Waals surface area contributed by atoms with Crippen LogP contribution < -0.4 is 10.6 Å². The summed E-state index contributed by atoms with van der Waals surface area (Å²) in [5.41, 5.74) is 9.88. The van der Waals surface area contributed by atoms with Gasteiger partial charge in [-0.1, -0.05) is 48.7 Å². The van der Waals surface area contributed by atoms with Gasteiger partial charge in [0.25, 0.3) is 0 Å². The number of carbonyl (C=O) groups is 1. The molecule has 1 aromatic heterocycles. The molecule has 5 rings (SSSR count). The Bertz CT molecular complexity index is 1500. The number of hydrogen-bond donors (Lipinski definition) is 1. The summed E-state index contributed by atoms with van der Waals surface area (Å²) < 4.78 is 0. The maximum Gasteiger partial charge on any atom is 0.162 e. The number of fused-ring (bicyclic) bond motifs is 1. The third-order valence-electron chi connectivity index (χ3n) is 6.53. The van der Waals surface area contributed by atoms with E-state index in [9.17, 15) is 10.1 Å². The number of nitrogens with two attached hydrogens (primary N) is 1. The van der Waals surface area contributed by atoms with Crippen molar-refractivity contribution in [3.63, 3.8) is 0 Å². The first kappa shape index (κ1) is 23.7. The molecule has 2 heterocycles. The molecule has 1 aliphatic carbocycles. The van der Waals surface area contributed by atoms with E-state index in [1.165, 1.54) is 0 Å². The van der Waals surface area contributed by atoms with Crippen LogP contribution in [-0.4, -0.2) is 10.8 Å². The van der Waals surface area contributed by atoms with Crippen LogP contribution in [0.15, 0.2) is 71.2 Å². The smallest absolute Gasteiger partial charge is 0.162 e. The van der Waals surface area contributed by atoms with Gasteiger partial charge in [-0.15, -0.1) is 0 Å². The Morgan fingerprint density at radius 3 is 2.43 bits per heavy atom. The fraction of sp³-hybridized carbons (Fsp3) is 0.222. The number of nitrogens with zero attached hydrogens (tertiary/aromatic N) is 3. The van der Waals surface area contributed by atoms with Gasteiger partial charge in [-0.05, 0) is 60.4 Å². The largest absolute Gasteiger partial charge is 0.384 e. The van der Waals surface area contributed by atoms with E-state index in [1.807, 2.05) is 18.2 Å². The summed E-state index contributed by atoms with van der Waals surface area (Å²) >= 11 is 19.0. The number of rotatable bonds is 2. The van der Waals surface area contributed by atoms with Crippen LogP contribution in [0, 0.1) is 16.7 Å². The van der Waals surface area contributed by atoms with Crippen LogP contribution in [0.4, 0.5) is 5.69 Å². The van der Waals surface area contributed by atoms with Crippen LogP contribution in [0.25, 0.3) is 10.9 Å². The zero-order valence-electron chi connectivity index (χ0n) is 19.1. The summed E-state index contributed by atoms with van der Waals surface area (Å²) in [7, 11) is 0. The van der Waals surface area contributed by atoms with Gasteiger partial charge in [0.2, 0.25) is 0 Å². The van der Waals surface area contributed by atoms with Crippen molar-refractivity contribution in [3.8, 4) is 6.07 Å². The normalized spacial score (nSPS) is 19.7. The van der Waals surface area contributed by atoms with Gasteiger partial charge in [-0.2, -0.15) is 5.26 Å². The van der Waals surface area contributed by atoms with Crippen molar-refractivity contribution in [1.82, 2.24) is 4.98 Å². The highest BCUT2D eigenvalue weighted by atomic mass is 35.5. The summed E-state index contributed by atoms with van der Waals surface area (Å²) in [5, 5.41) is 12.4. The summed E-state index contributed by atoms with van der Waals surface area (Å²) in [6.07, 6.45) is 0.941. The molecule has 1 atom stereocenters. The van der Waals surface area contributed by atoms with E-state index in [0.717, 1.165) is 16.8 Å². The molecule has 2 aromatic carbocycles. The number of pyridine rings is 1. The van der Waals surface area contributed by atoms with Gasteiger partial charge in [0.1, 0.15) is 11.0 Å². The fourth-order valence-electron chi connectivity index (χ4n) is 5.05. The molecule has 5 nitrogen and oxygen atoms in total. The van der Waals surface area contributed by atoms with Gasteiger partial charge in [0.05, 0.1) is 23.1 Å². The minimum Gasteiger partial charge on any atom is -0.384 e. The highest BCUT2D eigenvalue weighted by molar-refractivity contribution is 6.32. The van der Waals surface area contributed by atoms with E-state index >= 15 is 0 Å². The van der Waals surface area contributed by atoms with Crippen LogP contribution >= 0.6 is 34.8 Å². The molecule has 0 fully saturated rings. The van der Waals surface area contributed by atoms with Crippen molar-refractivity contribution in [1.29, 1.82) is 5.26 Å². The number of hydrogen-bond acceptors (Lipinski definition) is 5. The maximum absolute atomic E-state index is 13.7. The molecule has 2 N–H and O–H groups in total. The monoisotopic (exact) mass is 522 g/mol. The van der Waals surface area contributed by atoms with E-state index in [1.54, 1.807) is 35.2 Å². The van der Waals surface area contributed by atoms with Crippen LogP contribution in [-0.2, 0) is 4.79 Å². The predicted molar refractivity (Wildman–Crippen MR) is 140 cm³/mol. The maximum atomic E-state index is 13.7. The number of halogens is 3. The van der Waals surface area contributed by atoms with Gasteiger partial charge in [0, 0.05) is 44.4 Å². The molecule has 1 unspecified atom stereocenters. The molecule has 0 saturated carbocycles. The lowest BCUT2D eigenvalue weighted by molar-refractivity contribution is -0.118. The average molecular weight is 524 g/mol. The summed E-state index contributed by atoms with van der Waals surface area (Å²) in [5.74, 6) is -0.514. The molecular weight excluding hydrogens is 503 g/mol. The lowest BCUT2D eigenvalue weighted by atomic mass is 9.68. The third-order valence-corrected chi connectivity index (χ3v) is 7.32. The number of allylic oxidation sites excluding steroid dienone is 3. The topological polar surface area (TPSA) is 83.0 Å². The zero-order valence-corrected chi connectivity index (χ0v) is 21.3. The Morgan fingerprint density at radius 2 is 1.74 bits per heavy atom. The summed E-state index contributed by atoms with van der Waals surface area (Å²) in [6, 6.07) is 16.6. The molecule has 0 spiro atoms. The number of anilines is 1. The third kappa shape index (κ3) is 4.06. The molecule has 0 amide bonds. The Balaban J connectivity index is 1.80. The van der Waals surface area contributed by atoms with E-state index in [0.29, 0.717) is 39.5 Å². The molecule has 0 bridgehead atoms. The summed E-state index contributed by atoms with van der Waals surface area (Å²) in [4.78, 5) is 20.0. The standard InChI is InChI=1S/C27H21Cl3N4O/c1-27(2)11-21-24(22(35)12-27)23(18-10-14-9-16(29)5-8-20(14)33-25(18)30)19(13-31)26(32)34(21)17-6-3-15(28)4-7-17/h3-10,23H,11-12,32H2,1-2H3. The number of ketones is 1. The number of nitriles is 1. The molecule has 2 aliphatic rings. The van der Waals surface area contributed by atoms with Gasteiger partial charge in [0.15, 0.2) is 5.78 Å². The van der Waals surface area contributed by atoms with Crippen LogP contribution in [0.3, 0.4) is 0 Å². The van der Waals surface area contributed by atoms with Gasteiger partial charge < -0.3 is 5.73 Å². The second-order valence-corrected chi connectivity index (χ2v) is 10.9. The number of aromatic nitrogens is 1. The molecule has 1 aliphatic heterocycles. The summed E-state index contributed by atoms with van der Waals surface area (Å²) in [6.45, 7) is 4.10. The van der Waals surface area contributed by atoms with Crippen LogP contribution in [0.1, 0.15) is 38.2 Å². The highest BCUT2D eigenvalue weighted by Gasteiger charge is 2.45. The quantitative estimate of drug-likeness (QED) is 0.361. The number of carbonyl (C=O) groups excluding carboxylic acids is 1. The Labute approximate surface area is 218 Å². The molecule has 8 heteroatoms. The lowest BCUT2D eigenvalue weighted by Crippen LogP contribution is -2.42. The minimum atomic E-state index is -0.731. The first-order valence-electron chi connectivity index (χ1n) is 11.1. The molecule has 176 valence electrons. The second-order valence-electron chi connectivity index (χ2n) is 9.66. The molecule has 35 heavy (non-hydrogen) atoms. The van der Waals surface area contributed by atoms with Crippen LogP contribution in [0.5, 0.6) is 0 Å². The molecular formula is C27H21Cl3N4O. The molecule has 0 radical (unpaired) electrons. The first-order valence-corrected chi connectivity index (χ1v) is 12.2. The van der Waals surface area contributed by atoms with Gasteiger partial charge in [-0.25, -0.2) is 4.98 Å². The van der Waals surface area contributed by atoms with Crippen molar-refractivity contribution < 1.29 is 4.79 Å². The van der Waals surface area contributed by atoms with Gasteiger partial charge >= 0.3 is 0 Å². The van der Waals surface area contributed by atoms with Crippen molar-refractivity contribution in [2.45, 2.75) is 32.6 Å². The highest BCUT2D eigenvalue weighted by Crippen LogP contribution is 2.51.